The molecule has 88 valence electrons. The van der Waals surface area contributed by atoms with Crippen molar-refractivity contribution < 1.29 is 4.74 Å². The highest BCUT2D eigenvalue weighted by atomic mass is 35.5. The lowest BCUT2D eigenvalue weighted by Crippen LogP contribution is -2.13. The first-order valence-electron chi connectivity index (χ1n) is 4.81. The molecule has 3 N–H and O–H groups in total. The fourth-order valence-electron chi connectivity index (χ4n) is 1.30. The Morgan fingerprint density at radius 2 is 2.35 bits per heavy atom. The van der Waals surface area contributed by atoms with Crippen molar-refractivity contribution in [3.63, 3.8) is 0 Å². The highest BCUT2D eigenvalue weighted by Crippen LogP contribution is 2.24. The van der Waals surface area contributed by atoms with Crippen LogP contribution in [0.25, 0.3) is 0 Å². The number of thiazole rings is 1. The Bertz CT molecular complexity index is 528. The minimum absolute atomic E-state index is 0.0408. The molecule has 1 heterocycles. The van der Waals surface area contributed by atoms with Gasteiger partial charge in [-0.05, 0) is 18.2 Å². The molecule has 2 aromatic rings. The number of nitrogen functional groups attached to an aromatic ring is 1. The first-order valence-corrected chi connectivity index (χ1v) is 6.06. The maximum absolute atomic E-state index is 7.44. The summed E-state index contributed by atoms with van der Waals surface area (Å²) in [5.74, 6) is 0.472. The van der Waals surface area contributed by atoms with Crippen molar-refractivity contribution in [1.29, 1.82) is 5.41 Å². The summed E-state index contributed by atoms with van der Waals surface area (Å²) in [6.07, 6.45) is 1.74. The monoisotopic (exact) mass is 267 g/mol. The number of hydrogen-bond acceptors (Lipinski definition) is 4. The average molecular weight is 268 g/mol. The molecule has 1 aromatic carbocycles. The van der Waals surface area contributed by atoms with Gasteiger partial charge in [-0.3, -0.25) is 10.4 Å². The van der Waals surface area contributed by atoms with Gasteiger partial charge in [-0.1, -0.05) is 11.6 Å². The van der Waals surface area contributed by atoms with Crippen LogP contribution in [0, 0.1) is 5.41 Å². The number of amidine groups is 1. The molecule has 0 atom stereocenters. The van der Waals surface area contributed by atoms with E-state index in [1.54, 1.807) is 29.9 Å². The van der Waals surface area contributed by atoms with Crippen LogP contribution in [0.4, 0.5) is 0 Å². The third-order valence-electron chi connectivity index (χ3n) is 2.09. The van der Waals surface area contributed by atoms with Crippen molar-refractivity contribution in [2.75, 3.05) is 0 Å². The van der Waals surface area contributed by atoms with Crippen molar-refractivity contribution >= 4 is 28.8 Å². The van der Waals surface area contributed by atoms with Gasteiger partial charge in [0.25, 0.3) is 0 Å². The zero-order valence-electron chi connectivity index (χ0n) is 8.81. The van der Waals surface area contributed by atoms with Crippen molar-refractivity contribution in [2.24, 2.45) is 5.73 Å². The van der Waals surface area contributed by atoms with E-state index in [2.05, 4.69) is 4.98 Å². The molecule has 2 rings (SSSR count). The number of benzene rings is 1. The summed E-state index contributed by atoms with van der Waals surface area (Å²) >= 11 is 7.39. The summed E-state index contributed by atoms with van der Waals surface area (Å²) in [5, 5.41) is 7.99. The lowest BCUT2D eigenvalue weighted by atomic mass is 10.2. The lowest BCUT2D eigenvalue weighted by molar-refractivity contribution is 0.309. The Morgan fingerprint density at radius 3 is 3.00 bits per heavy atom. The number of nitrogens with two attached hydrogens (primary N) is 1. The van der Waals surface area contributed by atoms with Crippen LogP contribution >= 0.6 is 22.9 Å². The minimum Gasteiger partial charge on any atom is -0.487 e. The summed E-state index contributed by atoms with van der Waals surface area (Å²) in [4.78, 5) is 4.95. The van der Waals surface area contributed by atoms with Crippen LogP contribution in [0.5, 0.6) is 5.75 Å². The van der Waals surface area contributed by atoms with Crippen LogP contribution in [0.2, 0.25) is 5.02 Å². The Morgan fingerprint density at radius 1 is 1.53 bits per heavy atom. The number of ether oxygens (including phenoxy) is 1. The van der Waals surface area contributed by atoms with Crippen molar-refractivity contribution in [1.82, 2.24) is 4.98 Å². The summed E-state index contributed by atoms with van der Waals surface area (Å²) in [6.45, 7) is 0.394. The fraction of sp³-hybridized carbons (Fsp3) is 0.0909. The van der Waals surface area contributed by atoms with E-state index in [1.807, 2.05) is 0 Å². The van der Waals surface area contributed by atoms with E-state index in [-0.39, 0.29) is 5.84 Å². The predicted molar refractivity (Wildman–Crippen MR) is 68.9 cm³/mol. The van der Waals surface area contributed by atoms with Crippen LogP contribution < -0.4 is 10.5 Å². The lowest BCUT2D eigenvalue weighted by Gasteiger charge is -2.09. The zero-order chi connectivity index (χ0) is 12.3. The molecule has 0 fully saturated rings. The predicted octanol–water partition coefficient (Wildman–Crippen LogP) is 2.66. The van der Waals surface area contributed by atoms with Gasteiger partial charge in [-0.15, -0.1) is 11.3 Å². The van der Waals surface area contributed by atoms with E-state index >= 15 is 0 Å². The van der Waals surface area contributed by atoms with Crippen molar-refractivity contribution in [2.45, 2.75) is 6.61 Å². The van der Waals surface area contributed by atoms with Crippen LogP contribution in [-0.4, -0.2) is 10.8 Å². The Balaban J connectivity index is 2.19. The molecular weight excluding hydrogens is 258 g/mol. The number of nitrogens with zero attached hydrogens (tertiary/aromatic N) is 1. The van der Waals surface area contributed by atoms with Gasteiger partial charge in [0.15, 0.2) is 0 Å². The first-order chi connectivity index (χ1) is 8.16. The highest BCUT2D eigenvalue weighted by Gasteiger charge is 2.08. The van der Waals surface area contributed by atoms with E-state index in [1.165, 1.54) is 11.3 Å². The van der Waals surface area contributed by atoms with Crippen molar-refractivity contribution in [3.05, 3.63) is 45.4 Å². The van der Waals surface area contributed by atoms with E-state index < -0.39 is 0 Å². The largest absolute Gasteiger partial charge is 0.487 e. The summed E-state index contributed by atoms with van der Waals surface area (Å²) in [6, 6.07) is 5.00. The van der Waals surface area contributed by atoms with Gasteiger partial charge in [0.05, 0.1) is 16.0 Å². The quantitative estimate of drug-likeness (QED) is 0.661. The molecule has 0 radical (unpaired) electrons. The molecule has 0 bridgehead atoms. The smallest absolute Gasteiger partial charge is 0.132 e. The normalized spacial score (nSPS) is 10.2. The number of aromatic nitrogens is 1. The Hall–Kier alpha value is -1.59. The van der Waals surface area contributed by atoms with E-state index in [0.29, 0.717) is 22.9 Å². The number of rotatable bonds is 4. The van der Waals surface area contributed by atoms with Gasteiger partial charge in [0.1, 0.15) is 18.2 Å². The van der Waals surface area contributed by atoms with Crippen LogP contribution in [-0.2, 0) is 6.61 Å². The Kier molecular flexibility index (Phi) is 3.61. The molecule has 0 spiro atoms. The summed E-state index contributed by atoms with van der Waals surface area (Å²) < 4.78 is 5.59. The maximum Gasteiger partial charge on any atom is 0.132 e. The summed E-state index contributed by atoms with van der Waals surface area (Å²) in [5.41, 5.74) is 7.74. The van der Waals surface area contributed by atoms with Gasteiger partial charge < -0.3 is 10.5 Å². The second kappa shape index (κ2) is 5.16. The molecule has 6 heteroatoms. The molecular formula is C11H10ClN3OS. The van der Waals surface area contributed by atoms with Gasteiger partial charge in [0, 0.05) is 11.2 Å². The average Bonchev–Trinajstić information content (AvgIpc) is 2.78. The van der Waals surface area contributed by atoms with Crippen LogP contribution in [0.15, 0.2) is 29.9 Å². The first kappa shape index (κ1) is 11.9. The van der Waals surface area contributed by atoms with Gasteiger partial charge in [-0.2, -0.15) is 0 Å². The van der Waals surface area contributed by atoms with Gasteiger partial charge in [-0.25, -0.2) is 0 Å². The molecule has 0 aliphatic rings. The second-order valence-corrected chi connectivity index (χ2v) is 4.72. The molecule has 0 unspecified atom stereocenters. The summed E-state index contributed by atoms with van der Waals surface area (Å²) in [7, 11) is 0. The van der Waals surface area contributed by atoms with Crippen molar-refractivity contribution in [3.8, 4) is 5.75 Å². The number of nitrogens with one attached hydrogen (secondary N) is 1. The third-order valence-corrected chi connectivity index (χ3v) is 3.08. The zero-order valence-corrected chi connectivity index (χ0v) is 10.4. The van der Waals surface area contributed by atoms with Gasteiger partial charge >= 0.3 is 0 Å². The van der Waals surface area contributed by atoms with E-state index in [4.69, 9.17) is 27.5 Å². The molecule has 0 saturated carbocycles. The Labute approximate surface area is 108 Å². The SMILES string of the molecule is N=C(N)c1ccc(Cl)cc1OCc1cncs1. The molecule has 0 aliphatic carbocycles. The molecule has 1 aromatic heterocycles. The highest BCUT2D eigenvalue weighted by molar-refractivity contribution is 7.09. The fourth-order valence-corrected chi connectivity index (χ4v) is 1.97. The van der Waals surface area contributed by atoms with E-state index in [0.717, 1.165) is 4.88 Å². The molecule has 0 aliphatic heterocycles. The number of halogens is 1. The topological polar surface area (TPSA) is 72.0 Å². The van der Waals surface area contributed by atoms with E-state index in [9.17, 15) is 0 Å². The van der Waals surface area contributed by atoms with Crippen LogP contribution in [0.3, 0.4) is 0 Å². The standard InChI is InChI=1S/C11H10ClN3OS/c12-7-1-2-9(11(13)14)10(3-7)16-5-8-4-15-6-17-8/h1-4,6H,5H2,(H3,13,14). The maximum atomic E-state index is 7.44. The van der Waals surface area contributed by atoms with Crippen LogP contribution in [0.1, 0.15) is 10.4 Å². The molecule has 17 heavy (non-hydrogen) atoms. The second-order valence-electron chi connectivity index (χ2n) is 3.31. The molecule has 0 amide bonds. The van der Waals surface area contributed by atoms with Gasteiger partial charge in [0.2, 0.25) is 0 Å². The molecule has 0 saturated heterocycles. The third kappa shape index (κ3) is 2.95. The minimum atomic E-state index is -0.0408. The molecule has 4 nitrogen and oxygen atoms in total. The number of hydrogen-bond donors (Lipinski definition) is 2.